The van der Waals surface area contributed by atoms with Crippen molar-refractivity contribution in [2.75, 3.05) is 6.61 Å². The van der Waals surface area contributed by atoms with Gasteiger partial charge in [0, 0.05) is 31.4 Å². The number of aryl methyl sites for hydroxylation is 1. The van der Waals surface area contributed by atoms with Crippen LogP contribution in [0.2, 0.25) is 0 Å². The zero-order chi connectivity index (χ0) is 13.4. The van der Waals surface area contributed by atoms with E-state index >= 15 is 0 Å². The minimum Gasteiger partial charge on any atom is -0.466 e. The standard InChI is InChI=1S/C14H24N2O2/c1-3-18-14(17)7-5-4-6-9-16-10-8-13(11-16)12(2)15/h8,10-12H,3-7,9,15H2,1-2H3. The van der Waals surface area contributed by atoms with Crippen molar-refractivity contribution >= 4 is 5.97 Å². The van der Waals surface area contributed by atoms with E-state index in [2.05, 4.69) is 23.0 Å². The topological polar surface area (TPSA) is 57.2 Å². The van der Waals surface area contributed by atoms with E-state index in [9.17, 15) is 4.79 Å². The molecule has 0 amide bonds. The molecule has 1 unspecified atom stereocenters. The summed E-state index contributed by atoms with van der Waals surface area (Å²) < 4.78 is 7.03. The zero-order valence-electron chi connectivity index (χ0n) is 11.4. The summed E-state index contributed by atoms with van der Waals surface area (Å²) in [6, 6.07) is 2.15. The second-order valence-corrected chi connectivity index (χ2v) is 4.59. The predicted molar refractivity (Wildman–Crippen MR) is 72.1 cm³/mol. The number of hydrogen-bond acceptors (Lipinski definition) is 3. The third kappa shape index (κ3) is 5.36. The minimum absolute atomic E-state index is 0.0855. The highest BCUT2D eigenvalue weighted by Gasteiger charge is 2.02. The van der Waals surface area contributed by atoms with Crippen LogP contribution in [0, 0.1) is 0 Å². The smallest absolute Gasteiger partial charge is 0.305 e. The fourth-order valence-corrected chi connectivity index (χ4v) is 1.84. The van der Waals surface area contributed by atoms with Crippen LogP contribution in [-0.4, -0.2) is 17.1 Å². The first-order valence-electron chi connectivity index (χ1n) is 6.70. The number of carbonyl (C=O) groups is 1. The van der Waals surface area contributed by atoms with Gasteiger partial charge in [0.1, 0.15) is 0 Å². The zero-order valence-corrected chi connectivity index (χ0v) is 11.4. The third-order valence-corrected chi connectivity index (χ3v) is 2.90. The molecule has 1 heterocycles. The van der Waals surface area contributed by atoms with E-state index < -0.39 is 0 Å². The van der Waals surface area contributed by atoms with Gasteiger partial charge in [-0.3, -0.25) is 4.79 Å². The summed E-state index contributed by atoms with van der Waals surface area (Å²) in [6.07, 6.45) is 7.71. The first-order valence-corrected chi connectivity index (χ1v) is 6.70. The molecule has 18 heavy (non-hydrogen) atoms. The first-order chi connectivity index (χ1) is 8.63. The number of aromatic nitrogens is 1. The lowest BCUT2D eigenvalue weighted by Gasteiger charge is -2.04. The second-order valence-electron chi connectivity index (χ2n) is 4.59. The van der Waals surface area contributed by atoms with E-state index in [1.54, 1.807) is 0 Å². The SMILES string of the molecule is CCOC(=O)CCCCCn1ccc(C(C)N)c1. The normalized spacial score (nSPS) is 12.4. The monoisotopic (exact) mass is 252 g/mol. The van der Waals surface area contributed by atoms with Gasteiger partial charge < -0.3 is 15.0 Å². The van der Waals surface area contributed by atoms with E-state index in [1.807, 2.05) is 13.8 Å². The Bertz CT molecular complexity index is 358. The van der Waals surface area contributed by atoms with Crippen molar-refractivity contribution < 1.29 is 9.53 Å². The van der Waals surface area contributed by atoms with Crippen LogP contribution in [0.4, 0.5) is 0 Å². The van der Waals surface area contributed by atoms with Crippen molar-refractivity contribution in [2.45, 2.75) is 52.1 Å². The molecule has 0 aliphatic heterocycles. The van der Waals surface area contributed by atoms with Gasteiger partial charge >= 0.3 is 5.97 Å². The number of hydrogen-bond donors (Lipinski definition) is 1. The molecule has 102 valence electrons. The fraction of sp³-hybridized carbons (Fsp3) is 0.643. The van der Waals surface area contributed by atoms with Gasteiger partial charge in [-0.15, -0.1) is 0 Å². The van der Waals surface area contributed by atoms with E-state index in [0.29, 0.717) is 13.0 Å². The van der Waals surface area contributed by atoms with Crippen molar-refractivity contribution in [2.24, 2.45) is 5.73 Å². The number of nitrogens with two attached hydrogens (primary N) is 1. The molecule has 0 aromatic carbocycles. The molecule has 0 bridgehead atoms. The number of carbonyl (C=O) groups excluding carboxylic acids is 1. The molecule has 1 atom stereocenters. The average Bonchev–Trinajstić information content (AvgIpc) is 2.78. The lowest BCUT2D eigenvalue weighted by molar-refractivity contribution is -0.143. The average molecular weight is 252 g/mol. The molecule has 2 N–H and O–H groups in total. The van der Waals surface area contributed by atoms with Crippen molar-refractivity contribution in [3.8, 4) is 0 Å². The molecule has 0 fully saturated rings. The van der Waals surface area contributed by atoms with Gasteiger partial charge in [0.15, 0.2) is 0 Å². The Morgan fingerprint density at radius 2 is 2.22 bits per heavy atom. The van der Waals surface area contributed by atoms with Gasteiger partial charge in [-0.25, -0.2) is 0 Å². The molecule has 0 radical (unpaired) electrons. The predicted octanol–water partition coefficient (Wildman–Crippen LogP) is 2.63. The maximum Gasteiger partial charge on any atom is 0.305 e. The summed E-state index contributed by atoms with van der Waals surface area (Å²) in [6.45, 7) is 5.27. The quantitative estimate of drug-likeness (QED) is 0.571. The Morgan fingerprint density at radius 3 is 2.83 bits per heavy atom. The molecule has 0 saturated heterocycles. The molecule has 0 aliphatic carbocycles. The largest absolute Gasteiger partial charge is 0.466 e. The Hall–Kier alpha value is -1.29. The number of rotatable bonds is 8. The van der Waals surface area contributed by atoms with Crippen molar-refractivity contribution in [3.05, 3.63) is 24.0 Å². The molecule has 4 heteroatoms. The minimum atomic E-state index is -0.0855. The highest BCUT2D eigenvalue weighted by atomic mass is 16.5. The summed E-state index contributed by atoms with van der Waals surface area (Å²) in [5.74, 6) is -0.0855. The lowest BCUT2D eigenvalue weighted by atomic mass is 10.2. The third-order valence-electron chi connectivity index (χ3n) is 2.90. The Labute approximate surface area is 109 Å². The van der Waals surface area contributed by atoms with E-state index in [4.69, 9.17) is 10.5 Å². The van der Waals surface area contributed by atoms with Crippen molar-refractivity contribution in [1.29, 1.82) is 0 Å². The maximum absolute atomic E-state index is 11.1. The van der Waals surface area contributed by atoms with Gasteiger partial charge in [0.2, 0.25) is 0 Å². The molecule has 4 nitrogen and oxygen atoms in total. The van der Waals surface area contributed by atoms with Crippen LogP contribution in [0.25, 0.3) is 0 Å². The van der Waals surface area contributed by atoms with Crippen LogP contribution in [0.15, 0.2) is 18.5 Å². The van der Waals surface area contributed by atoms with Crippen LogP contribution in [-0.2, 0) is 16.1 Å². The Kier molecular flexibility index (Phi) is 6.50. The van der Waals surface area contributed by atoms with E-state index in [0.717, 1.165) is 25.8 Å². The van der Waals surface area contributed by atoms with E-state index in [-0.39, 0.29) is 12.0 Å². The molecule has 1 rings (SSSR count). The molecule has 0 aliphatic rings. The fourth-order valence-electron chi connectivity index (χ4n) is 1.84. The van der Waals surface area contributed by atoms with Gasteiger partial charge in [0.05, 0.1) is 6.61 Å². The van der Waals surface area contributed by atoms with Crippen molar-refractivity contribution in [1.82, 2.24) is 4.57 Å². The number of ether oxygens (including phenoxy) is 1. The number of esters is 1. The molecule has 1 aromatic rings. The summed E-state index contributed by atoms with van der Waals surface area (Å²) in [5, 5.41) is 0. The van der Waals surface area contributed by atoms with E-state index in [1.165, 1.54) is 5.56 Å². The van der Waals surface area contributed by atoms with Gasteiger partial charge in [0.25, 0.3) is 0 Å². The summed E-state index contributed by atoms with van der Waals surface area (Å²) in [7, 11) is 0. The molecule has 1 aromatic heterocycles. The second kappa shape index (κ2) is 7.93. The lowest BCUT2D eigenvalue weighted by Crippen LogP contribution is -2.04. The van der Waals surface area contributed by atoms with Crippen molar-refractivity contribution in [3.63, 3.8) is 0 Å². The molecule has 0 saturated carbocycles. The molecular weight excluding hydrogens is 228 g/mol. The van der Waals surface area contributed by atoms with Crippen LogP contribution < -0.4 is 5.73 Å². The van der Waals surface area contributed by atoms with Gasteiger partial charge in [-0.2, -0.15) is 0 Å². The number of unbranched alkanes of at least 4 members (excludes halogenated alkanes) is 2. The molecule has 0 spiro atoms. The summed E-state index contributed by atoms with van der Waals surface area (Å²) >= 11 is 0. The van der Waals surface area contributed by atoms with Gasteiger partial charge in [-0.05, 0) is 38.3 Å². The highest BCUT2D eigenvalue weighted by Crippen LogP contribution is 2.11. The summed E-state index contributed by atoms with van der Waals surface area (Å²) in [5.41, 5.74) is 6.97. The first kappa shape index (κ1) is 14.8. The highest BCUT2D eigenvalue weighted by molar-refractivity contribution is 5.69. The van der Waals surface area contributed by atoms with Crippen LogP contribution in [0.1, 0.15) is 51.1 Å². The van der Waals surface area contributed by atoms with Crippen LogP contribution >= 0.6 is 0 Å². The van der Waals surface area contributed by atoms with Crippen LogP contribution in [0.3, 0.4) is 0 Å². The molecular formula is C14H24N2O2. The summed E-state index contributed by atoms with van der Waals surface area (Å²) in [4.78, 5) is 11.1. The maximum atomic E-state index is 11.1. The Morgan fingerprint density at radius 1 is 1.44 bits per heavy atom. The van der Waals surface area contributed by atoms with Crippen LogP contribution in [0.5, 0.6) is 0 Å². The Balaban J connectivity index is 2.12. The number of nitrogens with zero attached hydrogens (tertiary/aromatic N) is 1. The van der Waals surface area contributed by atoms with Gasteiger partial charge in [-0.1, -0.05) is 6.42 Å².